The van der Waals surface area contributed by atoms with E-state index in [9.17, 15) is 9.59 Å². The van der Waals surface area contributed by atoms with Crippen LogP contribution in [-0.2, 0) is 10.3 Å². The summed E-state index contributed by atoms with van der Waals surface area (Å²) in [6, 6.07) is 12.4. The Labute approximate surface area is 145 Å². The maximum Gasteiger partial charge on any atom is 0.339 e. The van der Waals surface area contributed by atoms with Crippen molar-refractivity contribution >= 4 is 11.9 Å². The van der Waals surface area contributed by atoms with Crippen LogP contribution in [0.15, 0.2) is 42.6 Å². The summed E-state index contributed by atoms with van der Waals surface area (Å²) in [5.74, 6) is -0.774. The molecule has 1 aliphatic rings. The minimum absolute atomic E-state index is 0.232. The molecule has 126 valence electrons. The third-order valence-electron chi connectivity index (χ3n) is 4.15. The van der Waals surface area contributed by atoms with E-state index < -0.39 is 11.5 Å². The molecule has 25 heavy (non-hydrogen) atoms. The molecular weight excluding hydrogens is 318 g/mol. The summed E-state index contributed by atoms with van der Waals surface area (Å²) in [5, 5.41) is 12.0. The monoisotopic (exact) mass is 335 g/mol. The van der Waals surface area contributed by atoms with Gasteiger partial charge in [0.15, 0.2) is 0 Å². The van der Waals surface area contributed by atoms with Crippen molar-refractivity contribution in [2.75, 3.05) is 6.61 Å². The lowest BCUT2D eigenvalue weighted by atomic mass is 10.0. The number of carbonyl (C=O) groups is 2. The number of pyridine rings is 1. The number of nitrogens with one attached hydrogen (secondary N) is 1. The van der Waals surface area contributed by atoms with Crippen molar-refractivity contribution < 1.29 is 14.3 Å². The van der Waals surface area contributed by atoms with Gasteiger partial charge in [0.2, 0.25) is 0 Å². The highest BCUT2D eigenvalue weighted by molar-refractivity contribution is 5.94. The van der Waals surface area contributed by atoms with Gasteiger partial charge in [0, 0.05) is 6.20 Å². The van der Waals surface area contributed by atoms with E-state index in [2.05, 4.69) is 16.4 Å². The van der Waals surface area contributed by atoms with Gasteiger partial charge in [-0.1, -0.05) is 12.1 Å². The van der Waals surface area contributed by atoms with Crippen molar-refractivity contribution in [1.29, 1.82) is 5.26 Å². The zero-order valence-corrected chi connectivity index (χ0v) is 13.8. The van der Waals surface area contributed by atoms with Crippen LogP contribution in [0.3, 0.4) is 0 Å². The van der Waals surface area contributed by atoms with Crippen LogP contribution in [0.1, 0.15) is 51.7 Å². The fraction of sp³-hybridized carbons (Fsp3) is 0.263. The summed E-state index contributed by atoms with van der Waals surface area (Å²) in [7, 11) is 0. The Kier molecular flexibility index (Phi) is 4.48. The Hall–Kier alpha value is -3.20. The van der Waals surface area contributed by atoms with E-state index in [0.29, 0.717) is 11.1 Å². The fourth-order valence-corrected chi connectivity index (χ4v) is 2.64. The Balaban J connectivity index is 1.74. The van der Waals surface area contributed by atoms with Gasteiger partial charge in [-0.3, -0.25) is 9.78 Å². The molecular formula is C19H17N3O3. The lowest BCUT2D eigenvalue weighted by molar-refractivity contribution is 0.0525. The van der Waals surface area contributed by atoms with Gasteiger partial charge in [-0.2, -0.15) is 5.26 Å². The standard InChI is InChI=1S/C19H17N3O3/c1-2-25-18(24)14-6-7-16(21-12-14)17(23)22-19(8-9-19)15-5-3-4-13(10-15)11-20/h3-7,10,12H,2,8-9H2,1H3,(H,22,23). The van der Waals surface area contributed by atoms with Crippen LogP contribution in [0, 0.1) is 11.3 Å². The van der Waals surface area contributed by atoms with E-state index in [-0.39, 0.29) is 18.2 Å². The number of esters is 1. The van der Waals surface area contributed by atoms with E-state index in [1.54, 1.807) is 19.1 Å². The van der Waals surface area contributed by atoms with Crippen LogP contribution in [-0.4, -0.2) is 23.5 Å². The van der Waals surface area contributed by atoms with Crippen LogP contribution in [0.4, 0.5) is 0 Å². The predicted molar refractivity (Wildman–Crippen MR) is 89.7 cm³/mol. The molecule has 6 nitrogen and oxygen atoms in total. The molecule has 1 fully saturated rings. The van der Waals surface area contributed by atoms with Crippen LogP contribution in [0.2, 0.25) is 0 Å². The van der Waals surface area contributed by atoms with E-state index in [4.69, 9.17) is 10.00 Å². The van der Waals surface area contributed by atoms with E-state index in [1.165, 1.54) is 18.3 Å². The summed E-state index contributed by atoms with van der Waals surface area (Å²) in [5.41, 5.74) is 1.58. The average Bonchev–Trinajstić information content (AvgIpc) is 3.43. The normalized spacial score (nSPS) is 14.2. The first kappa shape index (κ1) is 16.7. The number of hydrogen-bond acceptors (Lipinski definition) is 5. The number of rotatable bonds is 5. The van der Waals surface area contributed by atoms with E-state index >= 15 is 0 Å². The van der Waals surface area contributed by atoms with Gasteiger partial charge in [-0.15, -0.1) is 0 Å². The number of nitriles is 1. The molecule has 6 heteroatoms. The van der Waals surface area contributed by atoms with Gasteiger partial charge in [0.05, 0.1) is 29.3 Å². The van der Waals surface area contributed by atoms with E-state index in [0.717, 1.165) is 18.4 Å². The number of nitrogens with zero attached hydrogens (tertiary/aromatic N) is 2. The highest BCUT2D eigenvalue weighted by Gasteiger charge is 2.46. The van der Waals surface area contributed by atoms with Gasteiger partial charge in [0.1, 0.15) is 5.69 Å². The van der Waals surface area contributed by atoms with Crippen molar-refractivity contribution in [2.24, 2.45) is 0 Å². The molecule has 0 unspecified atom stereocenters. The Morgan fingerprint density at radius 2 is 2.12 bits per heavy atom. The summed E-state index contributed by atoms with van der Waals surface area (Å²) < 4.78 is 4.89. The molecule has 3 rings (SSSR count). The molecule has 0 saturated heterocycles. The minimum atomic E-state index is -0.464. The molecule has 1 saturated carbocycles. The van der Waals surface area contributed by atoms with Crippen molar-refractivity contribution in [2.45, 2.75) is 25.3 Å². The highest BCUT2D eigenvalue weighted by Crippen LogP contribution is 2.45. The molecule has 1 aromatic heterocycles. The van der Waals surface area contributed by atoms with Crippen LogP contribution in [0.25, 0.3) is 0 Å². The largest absolute Gasteiger partial charge is 0.462 e. The molecule has 0 bridgehead atoms. The molecule has 0 atom stereocenters. The number of benzene rings is 1. The number of ether oxygens (including phenoxy) is 1. The predicted octanol–water partition coefficient (Wildman–Crippen LogP) is 2.55. The third-order valence-corrected chi connectivity index (χ3v) is 4.15. The quantitative estimate of drug-likeness (QED) is 0.848. The second-order valence-electron chi connectivity index (χ2n) is 5.88. The Bertz CT molecular complexity index is 849. The first-order valence-corrected chi connectivity index (χ1v) is 8.04. The number of hydrogen-bond donors (Lipinski definition) is 1. The molecule has 1 heterocycles. The van der Waals surface area contributed by atoms with Gasteiger partial charge in [-0.25, -0.2) is 4.79 Å². The highest BCUT2D eigenvalue weighted by atomic mass is 16.5. The maximum absolute atomic E-state index is 12.5. The minimum Gasteiger partial charge on any atom is -0.462 e. The maximum atomic E-state index is 12.5. The molecule has 0 aliphatic heterocycles. The van der Waals surface area contributed by atoms with Crippen LogP contribution >= 0.6 is 0 Å². The lowest BCUT2D eigenvalue weighted by Crippen LogP contribution is -2.35. The molecule has 1 N–H and O–H groups in total. The second-order valence-corrected chi connectivity index (χ2v) is 5.88. The van der Waals surface area contributed by atoms with Gasteiger partial charge < -0.3 is 10.1 Å². The number of aromatic nitrogens is 1. The van der Waals surface area contributed by atoms with Crippen molar-refractivity contribution in [3.63, 3.8) is 0 Å². The van der Waals surface area contributed by atoms with E-state index in [1.807, 2.05) is 12.1 Å². The van der Waals surface area contributed by atoms with Gasteiger partial charge >= 0.3 is 5.97 Å². The van der Waals surface area contributed by atoms with Gasteiger partial charge in [-0.05, 0) is 49.6 Å². The molecule has 2 aromatic rings. The molecule has 1 aliphatic carbocycles. The van der Waals surface area contributed by atoms with Crippen LogP contribution < -0.4 is 5.32 Å². The first-order chi connectivity index (χ1) is 12.1. The smallest absolute Gasteiger partial charge is 0.339 e. The Morgan fingerprint density at radius 3 is 2.72 bits per heavy atom. The SMILES string of the molecule is CCOC(=O)c1ccc(C(=O)NC2(c3cccc(C#N)c3)CC2)nc1. The Morgan fingerprint density at radius 1 is 1.32 bits per heavy atom. The summed E-state index contributed by atoms with van der Waals surface area (Å²) in [6.45, 7) is 2.01. The number of carbonyl (C=O) groups excluding carboxylic acids is 2. The topological polar surface area (TPSA) is 92.1 Å². The molecule has 0 radical (unpaired) electrons. The average molecular weight is 335 g/mol. The number of amides is 1. The second kappa shape index (κ2) is 6.73. The van der Waals surface area contributed by atoms with Crippen molar-refractivity contribution in [3.8, 4) is 6.07 Å². The zero-order valence-electron chi connectivity index (χ0n) is 13.8. The van der Waals surface area contributed by atoms with Crippen molar-refractivity contribution in [1.82, 2.24) is 10.3 Å². The fourth-order valence-electron chi connectivity index (χ4n) is 2.64. The van der Waals surface area contributed by atoms with Crippen LogP contribution in [0.5, 0.6) is 0 Å². The zero-order chi connectivity index (χ0) is 17.9. The first-order valence-electron chi connectivity index (χ1n) is 8.04. The summed E-state index contributed by atoms with van der Waals surface area (Å²) >= 11 is 0. The third kappa shape index (κ3) is 3.50. The van der Waals surface area contributed by atoms with Crippen molar-refractivity contribution in [3.05, 3.63) is 65.0 Å². The molecule has 1 amide bonds. The summed E-state index contributed by atoms with van der Waals surface area (Å²) in [4.78, 5) is 28.2. The molecule has 1 aromatic carbocycles. The molecule has 0 spiro atoms. The lowest BCUT2D eigenvalue weighted by Gasteiger charge is -2.18. The summed E-state index contributed by atoms with van der Waals surface area (Å²) in [6.07, 6.45) is 2.96. The van der Waals surface area contributed by atoms with Gasteiger partial charge in [0.25, 0.3) is 5.91 Å².